The predicted octanol–water partition coefficient (Wildman–Crippen LogP) is 2.90. The van der Waals surface area contributed by atoms with Crippen LogP contribution >= 0.6 is 0 Å². The molecule has 1 N–H and O–H groups in total. The maximum atomic E-state index is 13.3. The average Bonchev–Trinajstić information content (AvgIpc) is 2.65. The highest BCUT2D eigenvalue weighted by Gasteiger charge is 2.26. The van der Waals surface area contributed by atoms with Crippen LogP contribution in [-0.4, -0.2) is 43.7 Å². The van der Waals surface area contributed by atoms with Crippen molar-refractivity contribution in [3.8, 4) is 0 Å². The number of hydrogen-bond acceptors (Lipinski definition) is 3. The van der Waals surface area contributed by atoms with Crippen LogP contribution in [0.2, 0.25) is 0 Å². The molecule has 0 bridgehead atoms. The SMILES string of the molecule is O=C(NCC(c1ccc(F)cc1)N1CCCCC1)C1CCOCC1. The molecule has 2 aliphatic heterocycles. The number of carbonyl (C=O) groups excluding carboxylic acids is 1. The van der Waals surface area contributed by atoms with E-state index in [1.54, 1.807) is 0 Å². The van der Waals surface area contributed by atoms with Crippen molar-refractivity contribution < 1.29 is 13.9 Å². The van der Waals surface area contributed by atoms with Crippen LogP contribution in [0.1, 0.15) is 43.7 Å². The second kappa shape index (κ2) is 8.58. The van der Waals surface area contributed by atoms with E-state index in [0.717, 1.165) is 31.5 Å². The van der Waals surface area contributed by atoms with Crippen LogP contribution in [0.25, 0.3) is 0 Å². The number of halogens is 1. The molecule has 24 heavy (non-hydrogen) atoms. The van der Waals surface area contributed by atoms with E-state index in [9.17, 15) is 9.18 Å². The Morgan fingerprint density at radius 3 is 2.50 bits per heavy atom. The summed E-state index contributed by atoms with van der Waals surface area (Å²) in [5.41, 5.74) is 1.07. The monoisotopic (exact) mass is 334 g/mol. The Bertz CT molecular complexity index is 523. The standard InChI is InChI=1S/C19H27FN2O2/c20-17-6-4-15(5-7-17)18(22-10-2-1-3-11-22)14-21-19(23)16-8-12-24-13-9-16/h4-7,16,18H,1-3,8-14H2,(H,21,23). The van der Waals surface area contributed by atoms with Crippen molar-refractivity contribution in [1.29, 1.82) is 0 Å². The fraction of sp³-hybridized carbons (Fsp3) is 0.632. The van der Waals surface area contributed by atoms with E-state index in [0.29, 0.717) is 19.8 Å². The quantitative estimate of drug-likeness (QED) is 0.900. The van der Waals surface area contributed by atoms with E-state index in [-0.39, 0.29) is 23.7 Å². The van der Waals surface area contributed by atoms with E-state index in [1.807, 2.05) is 12.1 Å². The minimum atomic E-state index is -0.220. The van der Waals surface area contributed by atoms with Crippen molar-refractivity contribution >= 4 is 5.91 Å². The van der Waals surface area contributed by atoms with E-state index in [4.69, 9.17) is 4.74 Å². The first-order valence-corrected chi connectivity index (χ1v) is 9.09. The minimum Gasteiger partial charge on any atom is -0.381 e. The smallest absolute Gasteiger partial charge is 0.223 e. The van der Waals surface area contributed by atoms with Crippen molar-refractivity contribution in [3.63, 3.8) is 0 Å². The Morgan fingerprint density at radius 2 is 1.83 bits per heavy atom. The summed E-state index contributed by atoms with van der Waals surface area (Å²) in [5.74, 6) is -0.0289. The Labute approximate surface area is 143 Å². The molecule has 1 atom stereocenters. The molecule has 2 fully saturated rings. The minimum absolute atomic E-state index is 0.0639. The first kappa shape index (κ1) is 17.4. The number of nitrogens with zero attached hydrogens (tertiary/aromatic N) is 1. The molecule has 3 rings (SSSR count). The summed E-state index contributed by atoms with van der Waals surface area (Å²) in [6.45, 7) is 4.00. The van der Waals surface area contributed by atoms with Gasteiger partial charge in [-0.25, -0.2) is 4.39 Å². The van der Waals surface area contributed by atoms with Crippen LogP contribution in [0.5, 0.6) is 0 Å². The summed E-state index contributed by atoms with van der Waals surface area (Å²) in [6, 6.07) is 6.82. The van der Waals surface area contributed by atoms with Crippen molar-refractivity contribution in [2.24, 2.45) is 5.92 Å². The summed E-state index contributed by atoms with van der Waals surface area (Å²) in [4.78, 5) is 14.8. The highest BCUT2D eigenvalue weighted by atomic mass is 19.1. The van der Waals surface area contributed by atoms with Crippen molar-refractivity contribution in [2.45, 2.75) is 38.1 Å². The lowest BCUT2D eigenvalue weighted by Crippen LogP contribution is -2.42. The number of nitrogens with one attached hydrogen (secondary N) is 1. The lowest BCUT2D eigenvalue weighted by atomic mass is 9.98. The average molecular weight is 334 g/mol. The summed E-state index contributed by atoms with van der Waals surface area (Å²) >= 11 is 0. The van der Waals surface area contributed by atoms with Gasteiger partial charge in [-0.1, -0.05) is 18.6 Å². The first-order valence-electron chi connectivity index (χ1n) is 9.09. The van der Waals surface area contributed by atoms with Crippen molar-refractivity contribution in [2.75, 3.05) is 32.8 Å². The zero-order valence-electron chi connectivity index (χ0n) is 14.2. The van der Waals surface area contributed by atoms with Crippen LogP contribution in [0.15, 0.2) is 24.3 Å². The maximum Gasteiger partial charge on any atom is 0.223 e. The zero-order chi connectivity index (χ0) is 16.8. The van der Waals surface area contributed by atoms with Gasteiger partial charge in [0.05, 0.1) is 6.04 Å². The van der Waals surface area contributed by atoms with Crippen LogP contribution < -0.4 is 5.32 Å². The van der Waals surface area contributed by atoms with Gasteiger partial charge in [0.25, 0.3) is 0 Å². The van der Waals surface area contributed by atoms with E-state index >= 15 is 0 Å². The van der Waals surface area contributed by atoms with Crippen molar-refractivity contribution in [3.05, 3.63) is 35.6 Å². The summed E-state index contributed by atoms with van der Waals surface area (Å²) in [5, 5.41) is 3.13. The fourth-order valence-corrected chi connectivity index (χ4v) is 3.67. The van der Waals surface area contributed by atoms with Gasteiger partial charge in [-0.3, -0.25) is 9.69 Å². The van der Waals surface area contributed by atoms with Gasteiger partial charge in [-0.15, -0.1) is 0 Å². The molecule has 2 saturated heterocycles. The normalized spacial score (nSPS) is 21.4. The Balaban J connectivity index is 1.64. The van der Waals surface area contributed by atoms with E-state index in [1.165, 1.54) is 31.4 Å². The third-order valence-corrected chi connectivity index (χ3v) is 5.15. The number of piperidine rings is 1. The Kier molecular flexibility index (Phi) is 6.21. The van der Waals surface area contributed by atoms with Crippen LogP contribution in [0.3, 0.4) is 0 Å². The topological polar surface area (TPSA) is 41.6 Å². The van der Waals surface area contributed by atoms with Gasteiger partial charge < -0.3 is 10.1 Å². The maximum absolute atomic E-state index is 13.3. The molecule has 0 saturated carbocycles. The number of benzene rings is 1. The van der Waals surface area contributed by atoms with Gasteiger partial charge >= 0.3 is 0 Å². The van der Waals surface area contributed by atoms with Gasteiger partial charge in [0, 0.05) is 25.7 Å². The predicted molar refractivity (Wildman–Crippen MR) is 91.1 cm³/mol. The molecule has 0 aromatic heterocycles. The highest BCUT2D eigenvalue weighted by Crippen LogP contribution is 2.25. The molecule has 2 heterocycles. The Morgan fingerprint density at radius 1 is 1.17 bits per heavy atom. The fourth-order valence-electron chi connectivity index (χ4n) is 3.67. The lowest BCUT2D eigenvalue weighted by Gasteiger charge is -2.35. The van der Waals surface area contributed by atoms with Gasteiger partial charge in [-0.2, -0.15) is 0 Å². The largest absolute Gasteiger partial charge is 0.381 e. The number of carbonyl (C=O) groups is 1. The number of amides is 1. The Hall–Kier alpha value is -1.46. The second-order valence-electron chi connectivity index (χ2n) is 6.80. The molecule has 1 unspecified atom stereocenters. The van der Waals surface area contributed by atoms with E-state index < -0.39 is 0 Å². The summed E-state index contributed by atoms with van der Waals surface area (Å²) in [7, 11) is 0. The number of ether oxygens (including phenoxy) is 1. The third-order valence-electron chi connectivity index (χ3n) is 5.15. The molecule has 1 amide bonds. The van der Waals surface area contributed by atoms with Crippen molar-refractivity contribution in [1.82, 2.24) is 10.2 Å². The molecule has 0 radical (unpaired) electrons. The molecule has 2 aliphatic rings. The molecule has 0 spiro atoms. The zero-order valence-corrected chi connectivity index (χ0v) is 14.2. The van der Waals surface area contributed by atoms with Gasteiger partial charge in [-0.05, 0) is 56.5 Å². The third kappa shape index (κ3) is 4.54. The molecule has 1 aromatic rings. The molecular weight excluding hydrogens is 307 g/mol. The number of rotatable bonds is 5. The number of hydrogen-bond donors (Lipinski definition) is 1. The summed E-state index contributed by atoms with van der Waals surface area (Å²) in [6.07, 6.45) is 5.24. The number of likely N-dealkylation sites (tertiary alicyclic amines) is 1. The molecule has 132 valence electrons. The van der Waals surface area contributed by atoms with Crippen LogP contribution in [-0.2, 0) is 9.53 Å². The first-order chi connectivity index (χ1) is 11.7. The lowest BCUT2D eigenvalue weighted by molar-refractivity contribution is -0.128. The van der Waals surface area contributed by atoms with Gasteiger partial charge in [0.15, 0.2) is 0 Å². The summed E-state index contributed by atoms with van der Waals surface area (Å²) < 4.78 is 18.6. The molecule has 4 nitrogen and oxygen atoms in total. The molecule has 5 heteroatoms. The van der Waals surface area contributed by atoms with Crippen LogP contribution in [0, 0.1) is 11.7 Å². The molecular formula is C19H27FN2O2. The van der Waals surface area contributed by atoms with Crippen LogP contribution in [0.4, 0.5) is 4.39 Å². The van der Waals surface area contributed by atoms with Gasteiger partial charge in [0.2, 0.25) is 5.91 Å². The van der Waals surface area contributed by atoms with Gasteiger partial charge in [0.1, 0.15) is 5.82 Å². The molecule has 1 aromatic carbocycles. The van der Waals surface area contributed by atoms with E-state index in [2.05, 4.69) is 10.2 Å². The molecule has 0 aliphatic carbocycles. The second-order valence-corrected chi connectivity index (χ2v) is 6.80. The highest BCUT2D eigenvalue weighted by molar-refractivity contribution is 5.78.